The molecule has 24 heavy (non-hydrogen) atoms. The normalized spacial score (nSPS) is 22.0. The summed E-state index contributed by atoms with van der Waals surface area (Å²) in [6, 6.07) is 7.78. The van der Waals surface area contributed by atoms with Gasteiger partial charge in [0, 0.05) is 29.0 Å². The first-order chi connectivity index (χ1) is 11.6. The number of pyridine rings is 1. The van der Waals surface area contributed by atoms with E-state index >= 15 is 8.78 Å². The van der Waals surface area contributed by atoms with Crippen molar-refractivity contribution in [1.82, 2.24) is 10.1 Å². The minimum atomic E-state index is -3.33. The van der Waals surface area contributed by atoms with Crippen molar-refractivity contribution < 1.29 is 13.3 Å². The van der Waals surface area contributed by atoms with E-state index in [1.54, 1.807) is 24.4 Å². The molecule has 0 bridgehead atoms. The molecule has 2 aromatic heterocycles. The van der Waals surface area contributed by atoms with Crippen LogP contribution in [0.4, 0.5) is 14.5 Å². The Hall–Kier alpha value is -2.34. The van der Waals surface area contributed by atoms with Crippen LogP contribution in [0, 0.1) is 5.92 Å². The SMILES string of the molecule is FC(F)(c1ccc2ncccc2c1)c1noc2c1N=C(Cl)C1CC21. The minimum Gasteiger partial charge on any atom is -0.358 e. The lowest BCUT2D eigenvalue weighted by molar-refractivity contribution is 0.0353. The van der Waals surface area contributed by atoms with Crippen molar-refractivity contribution in [2.75, 3.05) is 0 Å². The van der Waals surface area contributed by atoms with Gasteiger partial charge in [-0.2, -0.15) is 8.78 Å². The first-order valence-corrected chi connectivity index (χ1v) is 7.90. The van der Waals surface area contributed by atoms with Gasteiger partial charge in [-0.05, 0) is 24.6 Å². The number of hydrogen-bond donors (Lipinski definition) is 0. The fourth-order valence-corrected chi connectivity index (χ4v) is 3.53. The molecule has 1 fully saturated rings. The molecule has 0 spiro atoms. The summed E-state index contributed by atoms with van der Waals surface area (Å²) in [6.45, 7) is 0. The van der Waals surface area contributed by atoms with E-state index in [9.17, 15) is 0 Å². The van der Waals surface area contributed by atoms with Crippen LogP contribution >= 0.6 is 11.6 Å². The van der Waals surface area contributed by atoms with E-state index in [-0.39, 0.29) is 23.1 Å². The number of alkyl halides is 2. The summed E-state index contributed by atoms with van der Waals surface area (Å²) in [5.74, 6) is -2.78. The summed E-state index contributed by atoms with van der Waals surface area (Å²) in [6.07, 6.45) is 2.40. The van der Waals surface area contributed by atoms with Gasteiger partial charge in [0.2, 0.25) is 0 Å². The van der Waals surface area contributed by atoms with E-state index in [0.717, 1.165) is 6.42 Å². The number of halogens is 3. The molecule has 0 N–H and O–H groups in total. The molecule has 0 radical (unpaired) electrons. The molecular weight excluding hydrogens is 336 g/mol. The highest BCUT2D eigenvalue weighted by atomic mass is 35.5. The van der Waals surface area contributed by atoms with Crippen LogP contribution in [-0.2, 0) is 5.92 Å². The van der Waals surface area contributed by atoms with Crippen LogP contribution in [0.3, 0.4) is 0 Å². The average molecular weight is 346 g/mol. The third-order valence-electron chi connectivity index (χ3n) is 4.61. The molecule has 1 aliphatic heterocycles. The number of benzene rings is 1. The maximum atomic E-state index is 15.0. The number of hydrogen-bond acceptors (Lipinski definition) is 4. The summed E-state index contributed by atoms with van der Waals surface area (Å²) in [5, 5.41) is 4.62. The third kappa shape index (κ3) is 1.86. The smallest absolute Gasteiger partial charge is 0.320 e. The molecule has 5 rings (SSSR count). The molecule has 120 valence electrons. The Kier molecular flexibility index (Phi) is 2.69. The Labute approximate surface area is 140 Å². The first kappa shape index (κ1) is 14.0. The van der Waals surface area contributed by atoms with Crippen LogP contribution in [-0.4, -0.2) is 15.3 Å². The van der Waals surface area contributed by atoms with Crippen molar-refractivity contribution in [1.29, 1.82) is 0 Å². The maximum absolute atomic E-state index is 15.0. The van der Waals surface area contributed by atoms with Gasteiger partial charge in [0.25, 0.3) is 0 Å². The predicted molar refractivity (Wildman–Crippen MR) is 85.0 cm³/mol. The largest absolute Gasteiger partial charge is 0.358 e. The van der Waals surface area contributed by atoms with Gasteiger partial charge >= 0.3 is 5.92 Å². The Morgan fingerprint density at radius 1 is 1.21 bits per heavy atom. The molecule has 3 aromatic rings. The highest BCUT2D eigenvalue weighted by molar-refractivity contribution is 6.66. The molecule has 4 nitrogen and oxygen atoms in total. The van der Waals surface area contributed by atoms with Crippen LogP contribution in [0.2, 0.25) is 0 Å². The van der Waals surface area contributed by atoms with E-state index in [0.29, 0.717) is 21.8 Å². The van der Waals surface area contributed by atoms with Crippen molar-refractivity contribution in [3.63, 3.8) is 0 Å². The lowest BCUT2D eigenvalue weighted by Crippen LogP contribution is -2.16. The zero-order chi connectivity index (χ0) is 16.5. The number of aliphatic imine (C=N–C) groups is 1. The fourth-order valence-electron chi connectivity index (χ4n) is 3.20. The lowest BCUT2D eigenvalue weighted by Gasteiger charge is -2.16. The zero-order valence-electron chi connectivity index (χ0n) is 12.2. The number of aromatic nitrogens is 2. The summed E-state index contributed by atoms with van der Waals surface area (Å²) < 4.78 is 35.3. The average Bonchev–Trinajstić information content (AvgIpc) is 3.28. The van der Waals surface area contributed by atoms with Gasteiger partial charge in [-0.3, -0.25) is 4.98 Å². The molecule has 2 unspecified atom stereocenters. The van der Waals surface area contributed by atoms with Gasteiger partial charge in [0.15, 0.2) is 11.5 Å². The number of fused-ring (bicyclic) bond motifs is 4. The van der Waals surface area contributed by atoms with E-state index in [1.807, 2.05) is 0 Å². The van der Waals surface area contributed by atoms with Gasteiger partial charge < -0.3 is 4.52 Å². The van der Waals surface area contributed by atoms with Gasteiger partial charge in [-0.25, -0.2) is 4.99 Å². The predicted octanol–water partition coefficient (Wildman–Crippen LogP) is 4.75. The van der Waals surface area contributed by atoms with Gasteiger partial charge in [-0.1, -0.05) is 28.9 Å². The van der Waals surface area contributed by atoms with Crippen LogP contribution in [0.15, 0.2) is 46.0 Å². The second-order valence-corrected chi connectivity index (χ2v) is 6.50. The third-order valence-corrected chi connectivity index (χ3v) is 4.97. The highest BCUT2D eigenvalue weighted by Gasteiger charge is 2.52. The maximum Gasteiger partial charge on any atom is 0.320 e. The summed E-state index contributed by atoms with van der Waals surface area (Å²) in [7, 11) is 0. The zero-order valence-corrected chi connectivity index (χ0v) is 13.0. The van der Waals surface area contributed by atoms with Crippen LogP contribution < -0.4 is 0 Å². The van der Waals surface area contributed by atoms with Crippen LogP contribution in [0.5, 0.6) is 0 Å². The standard InChI is InChI=1S/C17H10ClF2N3O/c18-16-11-7-10(11)14-13(22-16)15(23-24-14)17(19,20)9-3-4-12-8(6-9)2-1-5-21-12/h1-6,10-11H,7H2. The van der Waals surface area contributed by atoms with Crippen LogP contribution in [0.1, 0.15) is 29.4 Å². The van der Waals surface area contributed by atoms with Crippen molar-refractivity contribution in [3.8, 4) is 0 Å². The quantitative estimate of drug-likeness (QED) is 0.673. The van der Waals surface area contributed by atoms with Crippen molar-refractivity contribution in [2.45, 2.75) is 18.3 Å². The molecule has 1 aliphatic carbocycles. The molecule has 0 amide bonds. The Morgan fingerprint density at radius 2 is 2.08 bits per heavy atom. The first-order valence-electron chi connectivity index (χ1n) is 7.53. The van der Waals surface area contributed by atoms with Crippen molar-refractivity contribution in [3.05, 3.63) is 53.5 Å². The van der Waals surface area contributed by atoms with E-state index < -0.39 is 11.6 Å². The van der Waals surface area contributed by atoms with E-state index in [1.165, 1.54) is 12.1 Å². The topological polar surface area (TPSA) is 51.3 Å². The molecule has 7 heteroatoms. The molecule has 3 heterocycles. The number of nitrogens with zero attached hydrogens (tertiary/aromatic N) is 3. The minimum absolute atomic E-state index is 0.0304. The second-order valence-electron chi connectivity index (χ2n) is 6.11. The van der Waals surface area contributed by atoms with Crippen molar-refractivity contribution in [2.24, 2.45) is 10.9 Å². The molecule has 2 atom stereocenters. The fraction of sp³-hybridized carbons (Fsp3) is 0.235. The van der Waals surface area contributed by atoms with Crippen LogP contribution in [0.25, 0.3) is 10.9 Å². The monoisotopic (exact) mass is 345 g/mol. The molecule has 1 aromatic carbocycles. The summed E-state index contributed by atoms with van der Waals surface area (Å²) in [5.41, 5.74) is 0.0729. The Bertz CT molecular complexity index is 1010. The summed E-state index contributed by atoms with van der Waals surface area (Å²) in [4.78, 5) is 8.26. The number of rotatable bonds is 2. The molecule has 1 saturated carbocycles. The van der Waals surface area contributed by atoms with Gasteiger partial charge in [0.05, 0.1) is 5.52 Å². The Balaban J connectivity index is 1.65. The van der Waals surface area contributed by atoms with E-state index in [4.69, 9.17) is 16.1 Å². The van der Waals surface area contributed by atoms with Crippen molar-refractivity contribution >= 4 is 33.4 Å². The molecule has 0 saturated heterocycles. The van der Waals surface area contributed by atoms with E-state index in [2.05, 4.69) is 15.1 Å². The molecule has 2 aliphatic rings. The Morgan fingerprint density at radius 3 is 2.96 bits per heavy atom. The molecular formula is C17H10ClF2N3O. The highest BCUT2D eigenvalue weighted by Crippen LogP contribution is 2.57. The van der Waals surface area contributed by atoms with Gasteiger partial charge in [-0.15, -0.1) is 0 Å². The summed E-state index contributed by atoms with van der Waals surface area (Å²) >= 11 is 6.07. The van der Waals surface area contributed by atoms with Gasteiger partial charge in [0.1, 0.15) is 10.9 Å². The lowest BCUT2D eigenvalue weighted by atomic mass is 10.0. The second kappa shape index (κ2) is 4.60.